The van der Waals surface area contributed by atoms with E-state index in [4.69, 9.17) is 37.1 Å². The number of halogens is 2. The highest BCUT2D eigenvalue weighted by Crippen LogP contribution is 2.43. The van der Waals surface area contributed by atoms with Gasteiger partial charge in [-0.3, -0.25) is 0 Å². The number of aryl methyl sites for hydroxylation is 1. The summed E-state index contributed by atoms with van der Waals surface area (Å²) in [5, 5.41) is 1.27. The lowest BCUT2D eigenvalue weighted by Gasteiger charge is -2.42. The van der Waals surface area contributed by atoms with Crippen LogP contribution in [0.15, 0.2) is 30.3 Å². The molecule has 0 saturated heterocycles. The number of nitrogens with zero attached hydrogens (tertiary/aromatic N) is 1. The van der Waals surface area contributed by atoms with Crippen molar-refractivity contribution in [1.29, 1.82) is 0 Å². The van der Waals surface area contributed by atoms with Crippen molar-refractivity contribution in [3.63, 3.8) is 0 Å². The third-order valence-corrected chi connectivity index (χ3v) is 12.5. The molecule has 4 nitrogen and oxygen atoms in total. The summed E-state index contributed by atoms with van der Waals surface area (Å²) in [6.45, 7) is 14.2. The molecular formula is C26H37Cl2NO3Si. The van der Waals surface area contributed by atoms with Crippen molar-refractivity contribution >= 4 is 31.5 Å². The maximum Gasteiger partial charge on any atom is 0.192 e. The molecular weight excluding hydrogens is 473 g/mol. The van der Waals surface area contributed by atoms with Crippen LogP contribution in [0.2, 0.25) is 28.3 Å². The number of rotatable bonds is 8. The molecule has 2 atom stereocenters. The molecule has 1 aromatic heterocycles. The molecule has 1 heterocycles. The van der Waals surface area contributed by atoms with Gasteiger partial charge in [-0.05, 0) is 79.7 Å². The normalized spacial score (nSPS) is 19.8. The van der Waals surface area contributed by atoms with Crippen molar-refractivity contribution < 1.29 is 13.9 Å². The molecule has 7 heteroatoms. The Labute approximate surface area is 210 Å². The van der Waals surface area contributed by atoms with Gasteiger partial charge >= 0.3 is 0 Å². The lowest BCUT2D eigenvalue weighted by Crippen LogP contribution is -2.46. The molecule has 1 aromatic carbocycles. The van der Waals surface area contributed by atoms with E-state index in [0.717, 1.165) is 30.0 Å². The van der Waals surface area contributed by atoms with Crippen LogP contribution in [0.1, 0.15) is 57.4 Å². The molecule has 3 rings (SSSR count). The van der Waals surface area contributed by atoms with Gasteiger partial charge in [-0.25, -0.2) is 4.98 Å². The van der Waals surface area contributed by atoms with E-state index in [1.807, 2.05) is 18.2 Å². The SMILES string of the molecule is COC(C)[C@]1(COc2ccc(CO[Si](C)(C)C(C)(C)C)nc2Cl)CCCc2cc(Cl)ccc21. The van der Waals surface area contributed by atoms with E-state index < -0.39 is 8.32 Å². The zero-order valence-corrected chi connectivity index (χ0v) is 23.4. The first-order chi connectivity index (χ1) is 15.4. The van der Waals surface area contributed by atoms with Crippen LogP contribution in [0.25, 0.3) is 0 Å². The molecule has 0 amide bonds. The van der Waals surface area contributed by atoms with E-state index in [-0.39, 0.29) is 16.6 Å². The summed E-state index contributed by atoms with van der Waals surface area (Å²) in [5.41, 5.74) is 3.05. The van der Waals surface area contributed by atoms with Gasteiger partial charge in [0.15, 0.2) is 19.2 Å². The van der Waals surface area contributed by atoms with Gasteiger partial charge in [0.2, 0.25) is 0 Å². The number of methoxy groups -OCH3 is 1. The number of pyridine rings is 1. The molecule has 0 saturated carbocycles. The van der Waals surface area contributed by atoms with Crippen molar-refractivity contribution in [2.75, 3.05) is 13.7 Å². The molecule has 0 radical (unpaired) electrons. The molecule has 1 aliphatic rings. The molecule has 33 heavy (non-hydrogen) atoms. The second-order valence-corrected chi connectivity index (χ2v) is 16.2. The Morgan fingerprint density at radius 1 is 1.15 bits per heavy atom. The lowest BCUT2D eigenvalue weighted by molar-refractivity contribution is 0.0110. The fourth-order valence-corrected chi connectivity index (χ4v) is 5.59. The Hall–Kier alpha value is -1.11. The van der Waals surface area contributed by atoms with E-state index in [1.165, 1.54) is 11.1 Å². The van der Waals surface area contributed by atoms with E-state index in [9.17, 15) is 0 Å². The molecule has 0 aliphatic heterocycles. The number of benzene rings is 1. The van der Waals surface area contributed by atoms with Crippen LogP contribution >= 0.6 is 23.2 Å². The molecule has 0 N–H and O–H groups in total. The first kappa shape index (κ1) is 26.5. The zero-order chi connectivity index (χ0) is 24.4. The molecule has 182 valence electrons. The van der Waals surface area contributed by atoms with Crippen molar-refractivity contribution in [3.05, 3.63) is 57.3 Å². The van der Waals surface area contributed by atoms with Crippen molar-refractivity contribution in [2.45, 2.75) is 83.2 Å². The van der Waals surface area contributed by atoms with E-state index >= 15 is 0 Å². The monoisotopic (exact) mass is 509 g/mol. The second kappa shape index (κ2) is 10.2. The molecule has 1 unspecified atom stereocenters. The number of hydrogen-bond acceptors (Lipinski definition) is 4. The molecule has 2 aromatic rings. The minimum Gasteiger partial charge on any atom is -0.489 e. The standard InChI is InChI=1S/C26H37Cl2NO3Si/c1-18(30-5)26(14-8-9-19-15-20(27)10-12-22(19)26)17-31-23-13-11-21(29-24(23)28)16-32-33(6,7)25(2,3)4/h10-13,15,18H,8-9,14,16-17H2,1-7H3/t18?,26-/m1/s1. The minimum atomic E-state index is -1.86. The van der Waals surface area contributed by atoms with Crippen LogP contribution in [0.5, 0.6) is 5.75 Å². The van der Waals surface area contributed by atoms with Gasteiger partial charge in [0.1, 0.15) is 6.61 Å². The number of hydrogen-bond donors (Lipinski definition) is 0. The van der Waals surface area contributed by atoms with Gasteiger partial charge in [-0.15, -0.1) is 0 Å². The maximum absolute atomic E-state index is 6.54. The summed E-state index contributed by atoms with van der Waals surface area (Å²) in [4.78, 5) is 4.55. The van der Waals surface area contributed by atoms with Crippen LogP contribution in [0.4, 0.5) is 0 Å². The third-order valence-electron chi connectivity index (χ3n) is 7.55. The smallest absolute Gasteiger partial charge is 0.192 e. The third kappa shape index (κ3) is 5.76. The second-order valence-electron chi connectivity index (χ2n) is 10.6. The Morgan fingerprint density at radius 3 is 2.52 bits per heavy atom. The number of ether oxygens (including phenoxy) is 2. The van der Waals surface area contributed by atoms with Crippen LogP contribution < -0.4 is 4.74 Å². The summed E-state index contributed by atoms with van der Waals surface area (Å²) in [7, 11) is -0.106. The highest BCUT2D eigenvalue weighted by Gasteiger charge is 2.43. The summed E-state index contributed by atoms with van der Waals surface area (Å²) >= 11 is 12.8. The van der Waals surface area contributed by atoms with Gasteiger partial charge in [0, 0.05) is 12.1 Å². The average molecular weight is 511 g/mol. The fraction of sp³-hybridized carbons (Fsp3) is 0.577. The predicted molar refractivity (Wildman–Crippen MR) is 139 cm³/mol. The van der Waals surface area contributed by atoms with Crippen LogP contribution in [-0.2, 0) is 27.6 Å². The summed E-state index contributed by atoms with van der Waals surface area (Å²) in [5.74, 6) is 0.580. The minimum absolute atomic E-state index is 0.0262. The zero-order valence-electron chi connectivity index (χ0n) is 20.9. The summed E-state index contributed by atoms with van der Waals surface area (Å²) < 4.78 is 18.4. The maximum atomic E-state index is 6.54. The Kier molecular flexibility index (Phi) is 8.23. The van der Waals surface area contributed by atoms with Gasteiger partial charge in [0.05, 0.1) is 23.8 Å². The molecule has 0 fully saturated rings. The molecule has 1 aliphatic carbocycles. The van der Waals surface area contributed by atoms with E-state index in [2.05, 4.69) is 57.9 Å². The summed E-state index contributed by atoms with van der Waals surface area (Å²) in [6, 6.07) is 9.98. The fourth-order valence-electron chi connectivity index (χ4n) is 4.22. The number of fused-ring (bicyclic) bond motifs is 1. The van der Waals surface area contributed by atoms with Crippen molar-refractivity contribution in [1.82, 2.24) is 4.98 Å². The first-order valence-corrected chi connectivity index (χ1v) is 15.3. The Morgan fingerprint density at radius 2 is 1.88 bits per heavy atom. The highest BCUT2D eigenvalue weighted by molar-refractivity contribution is 6.74. The Balaban J connectivity index is 1.78. The van der Waals surface area contributed by atoms with Crippen LogP contribution in [0.3, 0.4) is 0 Å². The molecule has 0 spiro atoms. The van der Waals surface area contributed by atoms with Crippen LogP contribution in [0, 0.1) is 0 Å². The quantitative estimate of drug-likeness (QED) is 0.271. The van der Waals surface area contributed by atoms with Crippen LogP contribution in [-0.4, -0.2) is 33.1 Å². The number of aromatic nitrogens is 1. The van der Waals surface area contributed by atoms with Gasteiger partial charge in [-0.1, -0.05) is 50.0 Å². The lowest BCUT2D eigenvalue weighted by atomic mass is 9.67. The molecule has 0 bridgehead atoms. The average Bonchev–Trinajstić information content (AvgIpc) is 2.75. The van der Waals surface area contributed by atoms with E-state index in [0.29, 0.717) is 24.1 Å². The summed E-state index contributed by atoms with van der Waals surface area (Å²) in [6.07, 6.45) is 3.02. The predicted octanol–water partition coefficient (Wildman–Crippen LogP) is 7.60. The van der Waals surface area contributed by atoms with Gasteiger partial charge < -0.3 is 13.9 Å². The van der Waals surface area contributed by atoms with Gasteiger partial charge in [-0.2, -0.15) is 0 Å². The Bertz CT molecular complexity index is 976. The van der Waals surface area contributed by atoms with E-state index in [1.54, 1.807) is 7.11 Å². The van der Waals surface area contributed by atoms with Crippen molar-refractivity contribution in [3.8, 4) is 5.75 Å². The topological polar surface area (TPSA) is 40.6 Å². The largest absolute Gasteiger partial charge is 0.489 e. The van der Waals surface area contributed by atoms with Crippen molar-refractivity contribution in [2.24, 2.45) is 0 Å². The highest BCUT2D eigenvalue weighted by atomic mass is 35.5. The van der Waals surface area contributed by atoms with Gasteiger partial charge in [0.25, 0.3) is 0 Å². The first-order valence-electron chi connectivity index (χ1n) is 11.6.